The molecule has 2 rings (SSSR count). The molecular weight excluding hydrogens is 506 g/mol. The minimum atomic E-state index is -3.69. The molecule has 11 heteroatoms. The molecule has 0 atom stereocenters. The van der Waals surface area contributed by atoms with Crippen molar-refractivity contribution in [3.05, 3.63) is 0 Å². The molecule has 0 aliphatic heterocycles. The molecule has 0 heterocycles. The number of ether oxygens (including phenoxy) is 1. The summed E-state index contributed by atoms with van der Waals surface area (Å²) in [5.74, 6) is 0.986. The first-order valence-corrected chi connectivity index (χ1v) is 15.9. The van der Waals surface area contributed by atoms with Crippen molar-refractivity contribution in [1.29, 1.82) is 0 Å². The Balaban J connectivity index is 0.000000713. The third kappa shape index (κ3) is 12.7. The van der Waals surface area contributed by atoms with Gasteiger partial charge in [0, 0.05) is 24.6 Å². The Morgan fingerprint density at radius 1 is 0.833 bits per heavy atom. The fraction of sp³-hybridized carbons (Fsp3) is 0.880. The maximum Gasteiger partial charge on any atom is 0.423 e. The molecule has 0 radical (unpaired) electrons. The van der Waals surface area contributed by atoms with Crippen molar-refractivity contribution in [3.63, 3.8) is 0 Å². The number of nitrogens with zero attached hydrogens (tertiary/aromatic N) is 1. The molecule has 0 N–H and O–H groups in total. The summed E-state index contributed by atoms with van der Waals surface area (Å²) in [6.45, 7) is 6.75. The Morgan fingerprint density at radius 2 is 1.22 bits per heavy atom. The summed E-state index contributed by atoms with van der Waals surface area (Å²) < 4.78 is 52.9. The molecule has 212 valence electrons. The summed E-state index contributed by atoms with van der Waals surface area (Å²) in [7, 11) is -5.29. The van der Waals surface area contributed by atoms with E-state index in [-0.39, 0.29) is 42.6 Å². The van der Waals surface area contributed by atoms with Crippen LogP contribution in [0.15, 0.2) is 0 Å². The van der Waals surface area contributed by atoms with Crippen LogP contribution in [-0.4, -0.2) is 69.7 Å². The number of hydrogen-bond donors (Lipinski definition) is 0. The summed E-state index contributed by atoms with van der Waals surface area (Å²) in [5, 5.41) is 0. The minimum Gasteiger partial charge on any atom is -0.443 e. The highest BCUT2D eigenvalue weighted by Crippen LogP contribution is 2.30. The molecule has 2 aliphatic rings. The Morgan fingerprint density at radius 3 is 1.56 bits per heavy atom. The van der Waals surface area contributed by atoms with E-state index in [1.165, 1.54) is 7.05 Å². The zero-order chi connectivity index (χ0) is 26.9. The van der Waals surface area contributed by atoms with E-state index in [4.69, 9.17) is 4.74 Å². The number of carbonyl (C=O) groups is 3. The van der Waals surface area contributed by atoms with Crippen LogP contribution in [0.4, 0.5) is 4.79 Å². The number of amides is 1. The van der Waals surface area contributed by atoms with Crippen molar-refractivity contribution < 1.29 is 36.0 Å². The zero-order valence-corrected chi connectivity index (χ0v) is 23.4. The molecular formula is C25H47NO8S2. The largest absolute Gasteiger partial charge is 0.443 e. The maximum absolute atomic E-state index is 12.2. The molecule has 0 bridgehead atoms. The average Bonchev–Trinajstić information content (AvgIpc) is 2.78. The third-order valence-corrected chi connectivity index (χ3v) is 10.3. The Bertz CT molecular complexity index is 893. The monoisotopic (exact) mass is 553 g/mol. The molecule has 1 amide bonds. The van der Waals surface area contributed by atoms with Crippen molar-refractivity contribution >= 4 is 38.5 Å². The van der Waals surface area contributed by atoms with Gasteiger partial charge >= 0.3 is 6.09 Å². The van der Waals surface area contributed by atoms with Crippen LogP contribution >= 0.6 is 0 Å². The van der Waals surface area contributed by atoms with Gasteiger partial charge < -0.3 is 14.3 Å². The summed E-state index contributed by atoms with van der Waals surface area (Å²) in [6.07, 6.45) is 7.45. The lowest BCUT2D eigenvalue weighted by Crippen LogP contribution is -2.40. The molecule has 2 saturated carbocycles. The van der Waals surface area contributed by atoms with Gasteiger partial charge in [0.1, 0.15) is 28.0 Å². The van der Waals surface area contributed by atoms with E-state index in [0.717, 1.165) is 51.1 Å². The first-order chi connectivity index (χ1) is 16.1. The molecule has 2 aliphatic carbocycles. The van der Waals surface area contributed by atoms with Crippen LogP contribution in [0.2, 0.25) is 0 Å². The zero-order valence-electron chi connectivity index (χ0n) is 21.8. The van der Waals surface area contributed by atoms with E-state index in [1.54, 1.807) is 27.7 Å². The molecule has 0 unspecified atom stereocenters. The van der Waals surface area contributed by atoms with Gasteiger partial charge in [-0.05, 0) is 84.0 Å². The Hall–Kier alpha value is -1.49. The first kappa shape index (κ1) is 34.5. The summed E-state index contributed by atoms with van der Waals surface area (Å²) in [5.41, 5.74) is -0.733. The number of sulfone groups is 1. The van der Waals surface area contributed by atoms with Gasteiger partial charge in [-0.1, -0.05) is 14.4 Å². The van der Waals surface area contributed by atoms with Gasteiger partial charge in [0.15, 0.2) is 0 Å². The summed E-state index contributed by atoms with van der Waals surface area (Å²) in [6, 6.07) is 0. The fourth-order valence-electron chi connectivity index (χ4n) is 4.31. The number of hydrogen-bond acceptors (Lipinski definition) is 8. The van der Waals surface area contributed by atoms with Crippen molar-refractivity contribution in [1.82, 2.24) is 4.31 Å². The molecule has 0 aromatic heterocycles. The molecule has 9 nitrogen and oxygen atoms in total. The lowest BCUT2D eigenvalue weighted by molar-refractivity contribution is -0.112. The summed E-state index contributed by atoms with van der Waals surface area (Å²) in [4.78, 5) is 33.0. The van der Waals surface area contributed by atoms with E-state index < -0.39 is 31.6 Å². The highest BCUT2D eigenvalue weighted by molar-refractivity contribution is 7.91. The van der Waals surface area contributed by atoms with Gasteiger partial charge in [0.25, 0.3) is 0 Å². The van der Waals surface area contributed by atoms with E-state index >= 15 is 0 Å². The molecule has 0 aromatic carbocycles. The fourth-order valence-corrected chi connectivity index (χ4v) is 7.01. The van der Waals surface area contributed by atoms with Gasteiger partial charge in [-0.3, -0.25) is 0 Å². The molecule has 0 aromatic rings. The molecule has 0 spiro atoms. The topological polar surface area (TPSA) is 132 Å². The third-order valence-electron chi connectivity index (χ3n) is 6.61. The molecule has 0 saturated heterocycles. The van der Waals surface area contributed by atoms with E-state index in [0.29, 0.717) is 22.9 Å². The normalized spacial score (nSPS) is 24.8. The predicted molar refractivity (Wildman–Crippen MR) is 142 cm³/mol. The second-order valence-electron chi connectivity index (χ2n) is 10.8. The van der Waals surface area contributed by atoms with Crippen LogP contribution in [0, 0.1) is 23.7 Å². The molecule has 36 heavy (non-hydrogen) atoms. The van der Waals surface area contributed by atoms with Crippen LogP contribution in [0.5, 0.6) is 0 Å². The minimum absolute atomic E-state index is 0. The number of rotatable bonds is 8. The van der Waals surface area contributed by atoms with Gasteiger partial charge in [-0.2, -0.15) is 0 Å². The van der Waals surface area contributed by atoms with Crippen LogP contribution in [0.1, 0.15) is 86.5 Å². The highest BCUT2D eigenvalue weighted by atomic mass is 32.2. The number of aldehydes is 2. The second-order valence-corrected chi connectivity index (χ2v) is 15.2. The lowest BCUT2D eigenvalue weighted by Gasteiger charge is -2.28. The van der Waals surface area contributed by atoms with Crippen LogP contribution in [0.3, 0.4) is 0 Å². The van der Waals surface area contributed by atoms with Crippen molar-refractivity contribution in [2.24, 2.45) is 23.7 Å². The predicted octanol–water partition coefficient (Wildman–Crippen LogP) is 4.25. The Labute approximate surface area is 218 Å². The van der Waals surface area contributed by atoms with Crippen molar-refractivity contribution in [2.45, 2.75) is 92.1 Å². The second kappa shape index (κ2) is 15.1. The quantitative estimate of drug-likeness (QED) is 0.408. The number of carbonyl (C=O) groups excluding carboxylic acids is 3. The number of sulfonamides is 1. The standard InChI is InChI=1S/C14H25NO5S.C10H18O3S.CH4/c1-14(2,3)20-13(17)15(4)21(18,19)10-12-7-5-11(9-16)6-8-12;1-2-14(12,13)8-10-5-3-9(7-11)4-6-10;/h9,11-12H,5-8,10H2,1-4H3;7,9-10H,2-6,8H2,1H3;1H4. The van der Waals surface area contributed by atoms with Gasteiger partial charge in [-0.15, -0.1) is 0 Å². The Kier molecular flexibility index (Phi) is 14.4. The lowest BCUT2D eigenvalue weighted by atomic mass is 9.84. The van der Waals surface area contributed by atoms with Crippen molar-refractivity contribution in [3.8, 4) is 0 Å². The van der Waals surface area contributed by atoms with Gasteiger partial charge in [0.2, 0.25) is 10.0 Å². The SMILES string of the molecule is C.CCS(=O)(=O)CC1CCC(C=O)CC1.CN(C(=O)OC(C)(C)C)S(=O)(=O)CC1CCC(C=O)CC1. The van der Waals surface area contributed by atoms with Crippen LogP contribution < -0.4 is 0 Å². The van der Waals surface area contributed by atoms with Gasteiger partial charge in [-0.25, -0.2) is 25.9 Å². The van der Waals surface area contributed by atoms with E-state index in [2.05, 4.69) is 0 Å². The smallest absolute Gasteiger partial charge is 0.423 e. The summed E-state index contributed by atoms with van der Waals surface area (Å²) >= 11 is 0. The van der Waals surface area contributed by atoms with E-state index in [1.807, 2.05) is 0 Å². The average molecular weight is 554 g/mol. The van der Waals surface area contributed by atoms with E-state index in [9.17, 15) is 31.2 Å². The van der Waals surface area contributed by atoms with Gasteiger partial charge in [0.05, 0.1) is 11.5 Å². The van der Waals surface area contributed by atoms with Crippen LogP contribution in [-0.2, 0) is 34.2 Å². The van der Waals surface area contributed by atoms with Crippen molar-refractivity contribution in [2.75, 3.05) is 24.3 Å². The first-order valence-electron chi connectivity index (χ1n) is 12.4. The molecule has 2 fully saturated rings. The van der Waals surface area contributed by atoms with Crippen LogP contribution in [0.25, 0.3) is 0 Å². The maximum atomic E-state index is 12.2. The highest BCUT2D eigenvalue weighted by Gasteiger charge is 2.32.